The number of halogens is 1. The number of para-hydroxylation sites is 1. The molecule has 2 heterocycles. The van der Waals surface area contributed by atoms with Gasteiger partial charge in [-0.1, -0.05) is 42.8 Å². The highest BCUT2D eigenvalue weighted by atomic mass is 35.5. The zero-order chi connectivity index (χ0) is 23.3. The highest BCUT2D eigenvalue weighted by molar-refractivity contribution is 7.91. The van der Waals surface area contributed by atoms with Gasteiger partial charge in [0.1, 0.15) is 5.02 Å². The van der Waals surface area contributed by atoms with E-state index in [0.29, 0.717) is 17.5 Å². The normalized spacial score (nSPS) is 14.7. The third-order valence-electron chi connectivity index (χ3n) is 5.43. The van der Waals surface area contributed by atoms with Crippen LogP contribution in [0.1, 0.15) is 12.5 Å². The van der Waals surface area contributed by atoms with E-state index in [-0.39, 0.29) is 15.7 Å². The largest absolute Gasteiger partial charge is 0.338 e. The summed E-state index contributed by atoms with van der Waals surface area (Å²) in [7, 11) is -3.41. The Kier molecular flexibility index (Phi) is 7.44. The van der Waals surface area contributed by atoms with Crippen LogP contribution in [-0.4, -0.2) is 55.2 Å². The van der Waals surface area contributed by atoms with Crippen molar-refractivity contribution in [2.24, 2.45) is 0 Å². The van der Waals surface area contributed by atoms with Crippen molar-refractivity contribution in [3.63, 3.8) is 0 Å². The van der Waals surface area contributed by atoms with E-state index in [1.807, 2.05) is 12.1 Å². The fourth-order valence-electron chi connectivity index (χ4n) is 3.59. The molecule has 1 aliphatic rings. The minimum atomic E-state index is -3.41. The number of nitrogens with zero attached hydrogens (tertiary/aromatic N) is 3. The van der Waals surface area contributed by atoms with Gasteiger partial charge in [-0.25, -0.2) is 13.4 Å². The van der Waals surface area contributed by atoms with Crippen LogP contribution in [0.5, 0.6) is 0 Å². The van der Waals surface area contributed by atoms with Gasteiger partial charge in [0.15, 0.2) is 15.7 Å². The number of sulfone groups is 1. The first-order valence-corrected chi connectivity index (χ1v) is 12.9. The maximum Gasteiger partial charge on any atom is 0.229 e. The molecule has 1 saturated heterocycles. The van der Waals surface area contributed by atoms with Crippen LogP contribution in [0.3, 0.4) is 0 Å². The first kappa shape index (κ1) is 23.4. The molecule has 4 rings (SSSR count). The highest BCUT2D eigenvalue weighted by Crippen LogP contribution is 2.29. The molecule has 10 heteroatoms. The number of nitrogens with one attached hydrogen (secondary N) is 3. The molecule has 174 valence electrons. The van der Waals surface area contributed by atoms with Gasteiger partial charge in [0.05, 0.1) is 22.5 Å². The molecule has 0 radical (unpaired) electrons. The Hall–Kier alpha value is -2.72. The monoisotopic (exact) mass is 486 g/mol. The number of hydrogen-bond donors (Lipinski definition) is 3. The van der Waals surface area contributed by atoms with Gasteiger partial charge in [-0.15, -0.1) is 0 Å². The molecule has 0 bridgehead atoms. The van der Waals surface area contributed by atoms with Crippen molar-refractivity contribution in [3.8, 4) is 0 Å². The van der Waals surface area contributed by atoms with Gasteiger partial charge in [0.25, 0.3) is 0 Å². The van der Waals surface area contributed by atoms with Crippen molar-refractivity contribution in [2.45, 2.75) is 18.4 Å². The molecule has 3 aromatic rings. The van der Waals surface area contributed by atoms with Gasteiger partial charge in [0.2, 0.25) is 5.95 Å². The van der Waals surface area contributed by atoms with E-state index < -0.39 is 9.84 Å². The lowest BCUT2D eigenvalue weighted by Crippen LogP contribution is -2.42. The van der Waals surface area contributed by atoms with Crippen LogP contribution in [0.15, 0.2) is 59.6 Å². The molecule has 0 aliphatic carbocycles. The Bertz CT molecular complexity index is 1200. The van der Waals surface area contributed by atoms with Crippen molar-refractivity contribution in [1.82, 2.24) is 20.2 Å². The molecule has 33 heavy (non-hydrogen) atoms. The van der Waals surface area contributed by atoms with Crippen LogP contribution in [0, 0.1) is 0 Å². The molecule has 1 fully saturated rings. The van der Waals surface area contributed by atoms with Crippen LogP contribution in [0.4, 0.5) is 23.1 Å². The Balaban J connectivity index is 1.48. The number of aromatic nitrogens is 2. The predicted octanol–water partition coefficient (Wildman–Crippen LogP) is 3.82. The van der Waals surface area contributed by atoms with Gasteiger partial charge in [-0.3, -0.25) is 4.90 Å². The van der Waals surface area contributed by atoms with Crippen LogP contribution >= 0.6 is 11.6 Å². The molecule has 8 nitrogen and oxygen atoms in total. The standard InChI is InChI=1S/C23H27ClN6O2S/c1-2-33(31,32)21-6-4-3-5-20(21)28-22-19(24)15-26-23(29-22)27-18-9-7-17(8-10-18)16-30-13-11-25-12-14-30/h3-10,15,25H,2,11-14,16H2,1H3,(H2,26,27,28,29). The van der Waals surface area contributed by atoms with Crippen molar-refractivity contribution in [2.75, 3.05) is 42.6 Å². The van der Waals surface area contributed by atoms with E-state index >= 15 is 0 Å². The molecule has 0 amide bonds. The first-order valence-electron chi connectivity index (χ1n) is 10.8. The summed E-state index contributed by atoms with van der Waals surface area (Å²) in [4.78, 5) is 11.3. The molecule has 1 aromatic heterocycles. The predicted molar refractivity (Wildman–Crippen MR) is 132 cm³/mol. The fourth-order valence-corrected chi connectivity index (χ4v) is 4.78. The third kappa shape index (κ3) is 6.00. The fraction of sp³-hybridized carbons (Fsp3) is 0.304. The molecule has 0 atom stereocenters. The van der Waals surface area contributed by atoms with Gasteiger partial charge in [-0.2, -0.15) is 4.98 Å². The average molecular weight is 487 g/mol. The molecule has 3 N–H and O–H groups in total. The zero-order valence-electron chi connectivity index (χ0n) is 18.4. The van der Waals surface area contributed by atoms with Crippen molar-refractivity contribution < 1.29 is 8.42 Å². The minimum absolute atomic E-state index is 0.000644. The Morgan fingerprint density at radius 1 is 1.06 bits per heavy atom. The van der Waals surface area contributed by atoms with E-state index in [1.165, 1.54) is 11.8 Å². The van der Waals surface area contributed by atoms with Crippen LogP contribution in [0.25, 0.3) is 0 Å². The molecule has 1 aliphatic heterocycles. The maximum atomic E-state index is 12.4. The summed E-state index contributed by atoms with van der Waals surface area (Å²) in [6, 6.07) is 14.9. The Morgan fingerprint density at radius 3 is 2.52 bits per heavy atom. The van der Waals surface area contributed by atoms with Crippen molar-refractivity contribution in [1.29, 1.82) is 0 Å². The summed E-state index contributed by atoms with van der Waals surface area (Å²) in [6.07, 6.45) is 1.48. The molecule has 2 aromatic carbocycles. The lowest BCUT2D eigenvalue weighted by atomic mass is 10.2. The molecular formula is C23H27ClN6O2S. The molecule has 0 spiro atoms. The van der Waals surface area contributed by atoms with Crippen molar-refractivity contribution >= 4 is 44.6 Å². The number of benzene rings is 2. The summed E-state index contributed by atoms with van der Waals surface area (Å²) in [6.45, 7) is 6.69. The molecule has 0 saturated carbocycles. The number of piperazine rings is 1. The lowest BCUT2D eigenvalue weighted by molar-refractivity contribution is 0.233. The van der Waals surface area contributed by atoms with E-state index in [1.54, 1.807) is 31.2 Å². The quantitative estimate of drug-likeness (QED) is 0.442. The second-order valence-electron chi connectivity index (χ2n) is 7.76. The van der Waals surface area contributed by atoms with Gasteiger partial charge in [-0.05, 0) is 29.8 Å². The summed E-state index contributed by atoms with van der Waals surface area (Å²) >= 11 is 6.29. The zero-order valence-corrected chi connectivity index (χ0v) is 20.0. The number of rotatable bonds is 8. The first-order chi connectivity index (χ1) is 15.9. The van der Waals surface area contributed by atoms with Crippen LogP contribution in [0.2, 0.25) is 5.02 Å². The third-order valence-corrected chi connectivity index (χ3v) is 7.49. The van der Waals surface area contributed by atoms with Gasteiger partial charge in [0, 0.05) is 38.4 Å². The van der Waals surface area contributed by atoms with E-state index in [2.05, 4.69) is 43.0 Å². The van der Waals surface area contributed by atoms with E-state index in [0.717, 1.165) is 38.4 Å². The molecular weight excluding hydrogens is 460 g/mol. The highest BCUT2D eigenvalue weighted by Gasteiger charge is 2.17. The summed E-state index contributed by atoms with van der Waals surface area (Å²) in [5.74, 6) is 0.677. The average Bonchev–Trinajstić information content (AvgIpc) is 2.83. The molecule has 0 unspecified atom stereocenters. The van der Waals surface area contributed by atoms with E-state index in [4.69, 9.17) is 11.6 Å². The summed E-state index contributed by atoms with van der Waals surface area (Å²) in [5, 5.41) is 9.88. The van der Waals surface area contributed by atoms with E-state index in [9.17, 15) is 8.42 Å². The van der Waals surface area contributed by atoms with Gasteiger partial charge < -0.3 is 16.0 Å². The topological polar surface area (TPSA) is 99.2 Å². The second kappa shape index (κ2) is 10.5. The van der Waals surface area contributed by atoms with Crippen LogP contribution < -0.4 is 16.0 Å². The number of anilines is 4. The lowest BCUT2D eigenvalue weighted by Gasteiger charge is -2.27. The second-order valence-corrected chi connectivity index (χ2v) is 10.4. The van der Waals surface area contributed by atoms with Crippen molar-refractivity contribution in [3.05, 3.63) is 65.3 Å². The van der Waals surface area contributed by atoms with Gasteiger partial charge >= 0.3 is 0 Å². The SMILES string of the molecule is CCS(=O)(=O)c1ccccc1Nc1nc(Nc2ccc(CN3CCNCC3)cc2)ncc1Cl. The summed E-state index contributed by atoms with van der Waals surface area (Å²) in [5.41, 5.74) is 2.51. The Labute approximate surface area is 199 Å². The smallest absolute Gasteiger partial charge is 0.229 e. The number of hydrogen-bond acceptors (Lipinski definition) is 8. The minimum Gasteiger partial charge on any atom is -0.338 e. The van der Waals surface area contributed by atoms with Crippen LogP contribution in [-0.2, 0) is 16.4 Å². The maximum absolute atomic E-state index is 12.4. The summed E-state index contributed by atoms with van der Waals surface area (Å²) < 4.78 is 24.9. The Morgan fingerprint density at radius 2 is 1.79 bits per heavy atom.